The van der Waals surface area contributed by atoms with E-state index in [1.165, 1.54) is 19.2 Å². The van der Waals surface area contributed by atoms with Crippen molar-refractivity contribution in [2.45, 2.75) is 6.92 Å². The molecule has 21 heavy (non-hydrogen) atoms. The number of benzene rings is 1. The zero-order chi connectivity index (χ0) is 16.0. The van der Waals surface area contributed by atoms with Gasteiger partial charge in [0.15, 0.2) is 0 Å². The van der Waals surface area contributed by atoms with Crippen LogP contribution in [-0.2, 0) is 4.79 Å². The number of nitrogens with zero attached hydrogens (tertiary/aromatic N) is 1. The quantitative estimate of drug-likeness (QED) is 0.758. The van der Waals surface area contributed by atoms with Crippen LogP contribution in [0.25, 0.3) is 0 Å². The van der Waals surface area contributed by atoms with Crippen molar-refractivity contribution in [1.29, 1.82) is 0 Å². The maximum atomic E-state index is 13.5. The minimum Gasteiger partial charge on any atom is -0.478 e. The van der Waals surface area contributed by atoms with E-state index in [0.29, 0.717) is 6.54 Å². The number of aromatic carboxylic acids is 1. The molecule has 0 fully saturated rings. The average molecular weight is 297 g/mol. The van der Waals surface area contributed by atoms with E-state index in [2.05, 4.69) is 10.6 Å². The lowest BCUT2D eigenvalue weighted by Crippen LogP contribution is -2.40. The number of carbonyl (C=O) groups excluding carboxylic acids is 2. The maximum Gasteiger partial charge on any atom is 0.340 e. The Morgan fingerprint density at radius 2 is 2.00 bits per heavy atom. The van der Waals surface area contributed by atoms with E-state index in [9.17, 15) is 18.8 Å². The number of rotatable bonds is 5. The number of nitrogens with one attached hydrogen (secondary N) is 2. The first kappa shape index (κ1) is 16.4. The van der Waals surface area contributed by atoms with Gasteiger partial charge in [0.25, 0.3) is 0 Å². The number of carboxylic acids is 1. The van der Waals surface area contributed by atoms with Gasteiger partial charge in [-0.2, -0.15) is 0 Å². The third-order valence-electron chi connectivity index (χ3n) is 2.57. The van der Waals surface area contributed by atoms with Crippen molar-refractivity contribution >= 4 is 23.6 Å². The van der Waals surface area contributed by atoms with Gasteiger partial charge in [-0.1, -0.05) is 6.07 Å². The second-order valence-corrected chi connectivity index (χ2v) is 4.21. The molecule has 0 heterocycles. The number of likely N-dealkylation sites (N-methyl/N-ethyl adjacent to an activating group) is 2. The van der Waals surface area contributed by atoms with E-state index in [1.54, 1.807) is 6.92 Å². The van der Waals surface area contributed by atoms with Crippen LogP contribution in [-0.4, -0.2) is 48.1 Å². The first-order chi connectivity index (χ1) is 9.86. The molecule has 0 spiro atoms. The molecule has 3 N–H and O–H groups in total. The second kappa shape index (κ2) is 7.22. The normalized spacial score (nSPS) is 9.86. The Bertz CT molecular complexity index is 562. The van der Waals surface area contributed by atoms with Gasteiger partial charge in [0.05, 0.1) is 5.69 Å². The van der Waals surface area contributed by atoms with Gasteiger partial charge < -0.3 is 20.6 Å². The Labute approximate surface area is 120 Å². The summed E-state index contributed by atoms with van der Waals surface area (Å²) in [5.41, 5.74) is -0.799. The highest BCUT2D eigenvalue weighted by atomic mass is 19.1. The summed E-state index contributed by atoms with van der Waals surface area (Å²) in [7, 11) is 1.37. The summed E-state index contributed by atoms with van der Waals surface area (Å²) in [6.45, 7) is 1.97. The minimum atomic E-state index is -1.49. The van der Waals surface area contributed by atoms with Gasteiger partial charge in [-0.15, -0.1) is 0 Å². The Balaban J connectivity index is 2.82. The molecule has 7 nitrogen and oxygen atoms in total. The number of halogens is 1. The first-order valence-electron chi connectivity index (χ1n) is 6.17. The molecule has 8 heteroatoms. The van der Waals surface area contributed by atoms with E-state index in [4.69, 9.17) is 5.11 Å². The standard InChI is InChI=1S/C13H16FN3O4/c1-3-15-10(18)7-17(2)13(21)16-9-6-4-5-8(14)11(9)12(19)20/h4-6H,3,7H2,1-2H3,(H,15,18)(H,16,21)(H,19,20). The van der Waals surface area contributed by atoms with Gasteiger partial charge in [0, 0.05) is 13.6 Å². The number of amides is 3. The van der Waals surface area contributed by atoms with Crippen molar-refractivity contribution in [3.63, 3.8) is 0 Å². The summed E-state index contributed by atoms with van der Waals surface area (Å²) in [6.07, 6.45) is 0. The van der Waals surface area contributed by atoms with E-state index in [0.717, 1.165) is 11.0 Å². The van der Waals surface area contributed by atoms with Crippen molar-refractivity contribution < 1.29 is 23.9 Å². The molecule has 0 saturated heterocycles. The Hall–Kier alpha value is -2.64. The third-order valence-corrected chi connectivity index (χ3v) is 2.57. The molecule has 3 amide bonds. The second-order valence-electron chi connectivity index (χ2n) is 4.21. The van der Waals surface area contributed by atoms with Crippen LogP contribution in [0.3, 0.4) is 0 Å². The Morgan fingerprint density at radius 3 is 2.57 bits per heavy atom. The highest BCUT2D eigenvalue weighted by Gasteiger charge is 2.19. The van der Waals surface area contributed by atoms with Crippen LogP contribution >= 0.6 is 0 Å². The minimum absolute atomic E-state index is 0.171. The lowest BCUT2D eigenvalue weighted by Gasteiger charge is -2.18. The predicted molar refractivity (Wildman–Crippen MR) is 73.7 cm³/mol. The molecule has 0 saturated carbocycles. The van der Waals surface area contributed by atoms with Gasteiger partial charge in [-0.05, 0) is 19.1 Å². The van der Waals surface area contributed by atoms with Crippen molar-refractivity contribution in [2.75, 3.05) is 25.5 Å². The summed E-state index contributed by atoms with van der Waals surface area (Å²) in [5.74, 6) is -2.80. The van der Waals surface area contributed by atoms with Gasteiger partial charge in [-0.25, -0.2) is 14.0 Å². The van der Waals surface area contributed by atoms with Crippen LogP contribution in [0.4, 0.5) is 14.9 Å². The zero-order valence-corrected chi connectivity index (χ0v) is 11.6. The molecule has 114 valence electrons. The largest absolute Gasteiger partial charge is 0.478 e. The molecule has 0 unspecified atom stereocenters. The Kier molecular flexibility index (Phi) is 5.65. The van der Waals surface area contributed by atoms with Gasteiger partial charge >= 0.3 is 12.0 Å². The molecular weight excluding hydrogens is 281 g/mol. The number of hydrogen-bond acceptors (Lipinski definition) is 3. The number of carbonyl (C=O) groups is 3. The van der Waals surface area contributed by atoms with Crippen molar-refractivity contribution in [1.82, 2.24) is 10.2 Å². The molecule has 0 aliphatic rings. The van der Waals surface area contributed by atoms with Gasteiger partial charge in [0.2, 0.25) is 5.91 Å². The highest BCUT2D eigenvalue weighted by Crippen LogP contribution is 2.19. The van der Waals surface area contributed by atoms with Crippen LogP contribution < -0.4 is 10.6 Å². The van der Waals surface area contributed by atoms with Gasteiger partial charge in [0.1, 0.15) is 17.9 Å². The molecule has 0 aliphatic carbocycles. The predicted octanol–water partition coefficient (Wildman–Crippen LogP) is 1.12. The van der Waals surface area contributed by atoms with Crippen molar-refractivity contribution in [3.05, 3.63) is 29.6 Å². The fourth-order valence-electron chi connectivity index (χ4n) is 1.60. The van der Waals surface area contributed by atoms with Crippen LogP contribution in [0.1, 0.15) is 17.3 Å². The monoisotopic (exact) mass is 297 g/mol. The number of carboxylic acid groups (broad SMARTS) is 1. The number of hydrogen-bond donors (Lipinski definition) is 3. The fraction of sp³-hybridized carbons (Fsp3) is 0.308. The maximum absolute atomic E-state index is 13.5. The topological polar surface area (TPSA) is 98.7 Å². The molecule has 0 bridgehead atoms. The molecule has 1 aromatic rings. The first-order valence-corrected chi connectivity index (χ1v) is 6.17. The number of anilines is 1. The smallest absolute Gasteiger partial charge is 0.340 e. The van der Waals surface area contributed by atoms with E-state index in [1.807, 2.05) is 0 Å². The highest BCUT2D eigenvalue weighted by molar-refractivity contribution is 6.00. The molecule has 0 aromatic heterocycles. The third kappa shape index (κ3) is 4.44. The average Bonchev–Trinajstić information content (AvgIpc) is 2.38. The summed E-state index contributed by atoms with van der Waals surface area (Å²) in [5, 5.41) is 13.7. The molecule has 0 radical (unpaired) electrons. The summed E-state index contributed by atoms with van der Waals surface area (Å²) >= 11 is 0. The van der Waals surface area contributed by atoms with Crippen molar-refractivity contribution in [2.24, 2.45) is 0 Å². The van der Waals surface area contributed by atoms with Crippen LogP contribution in [0.2, 0.25) is 0 Å². The lowest BCUT2D eigenvalue weighted by molar-refractivity contribution is -0.121. The Morgan fingerprint density at radius 1 is 1.33 bits per heavy atom. The van der Waals surface area contributed by atoms with Gasteiger partial charge in [-0.3, -0.25) is 4.79 Å². The summed E-state index contributed by atoms with van der Waals surface area (Å²) < 4.78 is 13.5. The lowest BCUT2D eigenvalue weighted by atomic mass is 10.1. The van der Waals surface area contributed by atoms with Crippen molar-refractivity contribution in [3.8, 4) is 0 Å². The molecular formula is C13H16FN3O4. The summed E-state index contributed by atoms with van der Waals surface area (Å²) in [6, 6.07) is 2.82. The summed E-state index contributed by atoms with van der Waals surface area (Å²) in [4.78, 5) is 35.3. The number of urea groups is 1. The molecule has 0 atom stereocenters. The van der Waals surface area contributed by atoms with E-state index >= 15 is 0 Å². The van der Waals surface area contributed by atoms with Crippen LogP contribution in [0, 0.1) is 5.82 Å². The SMILES string of the molecule is CCNC(=O)CN(C)C(=O)Nc1cccc(F)c1C(=O)O. The van der Waals surface area contributed by atoms with E-state index in [-0.39, 0.29) is 18.1 Å². The molecule has 0 aliphatic heterocycles. The van der Waals surface area contributed by atoms with Crippen LogP contribution in [0.5, 0.6) is 0 Å². The molecule has 1 rings (SSSR count). The zero-order valence-electron chi connectivity index (χ0n) is 11.6. The fourth-order valence-corrected chi connectivity index (χ4v) is 1.60. The van der Waals surface area contributed by atoms with Crippen LogP contribution in [0.15, 0.2) is 18.2 Å². The van der Waals surface area contributed by atoms with E-state index < -0.39 is 23.4 Å². The molecule has 1 aromatic carbocycles.